The van der Waals surface area contributed by atoms with E-state index in [0.717, 1.165) is 16.5 Å². The number of para-hydroxylation sites is 1. The fraction of sp³-hybridized carbons (Fsp3) is 0. The lowest BCUT2D eigenvalue weighted by atomic mass is 10.2. The molecule has 2 heterocycles. The van der Waals surface area contributed by atoms with Crippen molar-refractivity contribution in [3.63, 3.8) is 0 Å². The number of hydrogen-bond donors (Lipinski definition) is 2. The van der Waals surface area contributed by atoms with Gasteiger partial charge in [-0.1, -0.05) is 18.2 Å². The van der Waals surface area contributed by atoms with Crippen LogP contribution in [0.5, 0.6) is 0 Å². The molecule has 0 saturated heterocycles. The molecular formula is C13H11N5. The van der Waals surface area contributed by atoms with Gasteiger partial charge in [-0.3, -0.25) is 0 Å². The quantitative estimate of drug-likeness (QED) is 0.543. The molecule has 0 aliphatic carbocycles. The molecule has 0 fully saturated rings. The summed E-state index contributed by atoms with van der Waals surface area (Å²) < 4.78 is 0. The van der Waals surface area contributed by atoms with Gasteiger partial charge in [-0.15, -0.1) is 0 Å². The van der Waals surface area contributed by atoms with Gasteiger partial charge < -0.3 is 4.98 Å². The van der Waals surface area contributed by atoms with Crippen molar-refractivity contribution in [2.75, 3.05) is 5.43 Å². The van der Waals surface area contributed by atoms with Gasteiger partial charge in [0.05, 0.1) is 6.21 Å². The summed E-state index contributed by atoms with van der Waals surface area (Å²) in [6, 6.07) is 9.83. The third-order valence-corrected chi connectivity index (χ3v) is 2.56. The number of benzene rings is 1. The Morgan fingerprint density at radius 2 is 1.94 bits per heavy atom. The van der Waals surface area contributed by atoms with Crippen molar-refractivity contribution < 1.29 is 0 Å². The Morgan fingerprint density at radius 3 is 2.83 bits per heavy atom. The van der Waals surface area contributed by atoms with E-state index < -0.39 is 0 Å². The van der Waals surface area contributed by atoms with Gasteiger partial charge in [0.2, 0.25) is 5.95 Å². The van der Waals surface area contributed by atoms with E-state index in [9.17, 15) is 0 Å². The first-order valence-corrected chi connectivity index (χ1v) is 5.56. The van der Waals surface area contributed by atoms with Crippen LogP contribution in [0.25, 0.3) is 10.9 Å². The monoisotopic (exact) mass is 237 g/mol. The van der Waals surface area contributed by atoms with E-state index in [1.165, 1.54) is 0 Å². The predicted molar refractivity (Wildman–Crippen MR) is 71.5 cm³/mol. The molecule has 0 bridgehead atoms. The zero-order valence-corrected chi connectivity index (χ0v) is 9.54. The fourth-order valence-corrected chi connectivity index (χ4v) is 1.72. The van der Waals surface area contributed by atoms with Crippen LogP contribution in [-0.4, -0.2) is 21.2 Å². The number of nitrogens with one attached hydrogen (secondary N) is 2. The maximum absolute atomic E-state index is 4.11. The molecule has 5 nitrogen and oxygen atoms in total. The average molecular weight is 237 g/mol. The number of hydrazone groups is 1. The first kappa shape index (κ1) is 10.5. The van der Waals surface area contributed by atoms with Crippen LogP contribution in [0.15, 0.2) is 54.0 Å². The van der Waals surface area contributed by atoms with E-state index in [-0.39, 0.29) is 0 Å². The molecule has 0 saturated carbocycles. The molecule has 0 radical (unpaired) electrons. The molecule has 2 N–H and O–H groups in total. The SMILES string of the molecule is C(=NNc1ncccn1)c1c[nH]c2ccccc12. The van der Waals surface area contributed by atoms with Gasteiger partial charge in [0, 0.05) is 35.1 Å². The van der Waals surface area contributed by atoms with Crippen molar-refractivity contribution in [2.45, 2.75) is 0 Å². The average Bonchev–Trinajstić information content (AvgIpc) is 2.84. The van der Waals surface area contributed by atoms with Crippen LogP contribution in [0.4, 0.5) is 5.95 Å². The van der Waals surface area contributed by atoms with E-state index in [1.54, 1.807) is 24.7 Å². The standard InChI is InChI=1S/C13H11N5/c1-2-5-12-11(4-1)10(8-16-12)9-17-18-13-14-6-3-7-15-13/h1-9,16H,(H,14,15,18). The van der Waals surface area contributed by atoms with E-state index in [0.29, 0.717) is 5.95 Å². The molecule has 0 aliphatic heterocycles. The van der Waals surface area contributed by atoms with Crippen LogP contribution in [0, 0.1) is 0 Å². The predicted octanol–water partition coefficient (Wildman–Crippen LogP) is 2.40. The van der Waals surface area contributed by atoms with E-state index in [2.05, 4.69) is 25.5 Å². The molecule has 0 unspecified atom stereocenters. The van der Waals surface area contributed by atoms with Gasteiger partial charge in [-0.2, -0.15) is 5.10 Å². The number of hydrogen-bond acceptors (Lipinski definition) is 4. The zero-order chi connectivity index (χ0) is 12.2. The Morgan fingerprint density at radius 1 is 1.11 bits per heavy atom. The van der Waals surface area contributed by atoms with Crippen molar-refractivity contribution in [1.82, 2.24) is 15.0 Å². The van der Waals surface area contributed by atoms with E-state index in [1.807, 2.05) is 30.5 Å². The molecule has 18 heavy (non-hydrogen) atoms. The van der Waals surface area contributed by atoms with Gasteiger partial charge in [0.1, 0.15) is 0 Å². The fourth-order valence-electron chi connectivity index (χ4n) is 1.72. The molecule has 0 aliphatic rings. The normalized spacial score (nSPS) is 11.1. The lowest BCUT2D eigenvalue weighted by Gasteiger charge is -1.95. The van der Waals surface area contributed by atoms with Crippen LogP contribution in [0.2, 0.25) is 0 Å². The van der Waals surface area contributed by atoms with Gasteiger partial charge >= 0.3 is 0 Å². The lowest BCUT2D eigenvalue weighted by molar-refractivity contribution is 1.12. The molecule has 88 valence electrons. The van der Waals surface area contributed by atoms with Crippen LogP contribution in [0.3, 0.4) is 0 Å². The number of anilines is 1. The molecule has 1 aromatic carbocycles. The summed E-state index contributed by atoms with van der Waals surface area (Å²) in [6.45, 7) is 0. The molecule has 3 rings (SSSR count). The Balaban J connectivity index is 1.80. The maximum Gasteiger partial charge on any atom is 0.243 e. The highest BCUT2D eigenvalue weighted by Gasteiger charge is 1.99. The van der Waals surface area contributed by atoms with Crippen molar-refractivity contribution in [3.05, 3.63) is 54.5 Å². The Bertz CT molecular complexity index is 672. The summed E-state index contributed by atoms with van der Waals surface area (Å²) >= 11 is 0. The first-order valence-electron chi connectivity index (χ1n) is 5.56. The van der Waals surface area contributed by atoms with Gasteiger partial charge in [-0.25, -0.2) is 15.4 Å². The second-order valence-electron chi connectivity index (χ2n) is 3.73. The summed E-state index contributed by atoms with van der Waals surface area (Å²) in [7, 11) is 0. The van der Waals surface area contributed by atoms with Crippen molar-refractivity contribution >= 4 is 23.1 Å². The summed E-state index contributed by atoms with van der Waals surface area (Å²) in [5.74, 6) is 0.480. The number of aromatic nitrogens is 3. The Hall–Kier alpha value is -2.69. The molecule has 0 atom stereocenters. The van der Waals surface area contributed by atoms with Crippen LogP contribution in [-0.2, 0) is 0 Å². The third-order valence-electron chi connectivity index (χ3n) is 2.56. The summed E-state index contributed by atoms with van der Waals surface area (Å²) in [5.41, 5.74) is 4.90. The smallest absolute Gasteiger partial charge is 0.243 e. The van der Waals surface area contributed by atoms with Crippen molar-refractivity contribution in [2.24, 2.45) is 5.10 Å². The van der Waals surface area contributed by atoms with Crippen LogP contribution in [0.1, 0.15) is 5.56 Å². The number of H-pyrrole nitrogens is 1. The van der Waals surface area contributed by atoms with E-state index >= 15 is 0 Å². The van der Waals surface area contributed by atoms with Gasteiger partial charge in [0.15, 0.2) is 0 Å². The minimum Gasteiger partial charge on any atom is -0.361 e. The summed E-state index contributed by atoms with van der Waals surface area (Å²) in [5, 5.41) is 5.25. The number of aromatic amines is 1. The Kier molecular flexibility index (Phi) is 2.71. The molecule has 5 heteroatoms. The maximum atomic E-state index is 4.11. The Labute approximate surface area is 104 Å². The second kappa shape index (κ2) is 4.67. The second-order valence-corrected chi connectivity index (χ2v) is 3.73. The number of fused-ring (bicyclic) bond motifs is 1. The minimum atomic E-state index is 0.480. The highest BCUT2D eigenvalue weighted by molar-refractivity contribution is 5.99. The topological polar surface area (TPSA) is 66.0 Å². The van der Waals surface area contributed by atoms with E-state index in [4.69, 9.17) is 0 Å². The van der Waals surface area contributed by atoms with Gasteiger partial charge in [-0.05, 0) is 12.1 Å². The third kappa shape index (κ3) is 2.06. The summed E-state index contributed by atoms with van der Waals surface area (Å²) in [4.78, 5) is 11.2. The molecule has 3 aromatic rings. The molecule has 0 amide bonds. The highest BCUT2D eigenvalue weighted by Crippen LogP contribution is 2.15. The summed E-state index contributed by atoms with van der Waals surface area (Å²) in [6.07, 6.45) is 6.99. The number of rotatable bonds is 3. The minimum absolute atomic E-state index is 0.480. The number of nitrogens with zero attached hydrogens (tertiary/aromatic N) is 3. The van der Waals surface area contributed by atoms with Crippen LogP contribution >= 0.6 is 0 Å². The molecule has 2 aromatic heterocycles. The largest absolute Gasteiger partial charge is 0.361 e. The first-order chi connectivity index (χ1) is 8.93. The lowest BCUT2D eigenvalue weighted by Crippen LogP contribution is -1.94. The highest BCUT2D eigenvalue weighted by atomic mass is 15.3. The van der Waals surface area contributed by atoms with Crippen molar-refractivity contribution in [3.8, 4) is 0 Å². The molecule has 0 spiro atoms. The van der Waals surface area contributed by atoms with Crippen molar-refractivity contribution in [1.29, 1.82) is 0 Å². The van der Waals surface area contributed by atoms with Crippen LogP contribution < -0.4 is 5.43 Å². The van der Waals surface area contributed by atoms with Gasteiger partial charge in [0.25, 0.3) is 0 Å². The molecular weight excluding hydrogens is 226 g/mol. The zero-order valence-electron chi connectivity index (χ0n) is 9.54.